The van der Waals surface area contributed by atoms with Crippen LogP contribution < -0.4 is 15.6 Å². The summed E-state index contributed by atoms with van der Waals surface area (Å²) in [7, 11) is 0. The molecule has 0 bridgehead atoms. The molecule has 5 rings (SSSR count). The third-order valence-electron chi connectivity index (χ3n) is 6.63. The van der Waals surface area contributed by atoms with Gasteiger partial charge in [-0.1, -0.05) is 41.9 Å². The van der Waals surface area contributed by atoms with E-state index in [1.165, 1.54) is 24.0 Å². The van der Waals surface area contributed by atoms with Crippen LogP contribution in [-0.4, -0.2) is 29.8 Å². The largest absolute Gasteiger partial charge is 0.395 e. The monoisotopic (exact) mass is 422 g/mol. The van der Waals surface area contributed by atoms with E-state index in [0.717, 1.165) is 34.9 Å². The molecule has 0 saturated heterocycles. The average molecular weight is 423 g/mol. The molecule has 0 spiro atoms. The predicted octanol–water partition coefficient (Wildman–Crippen LogP) is 3.78. The minimum Gasteiger partial charge on any atom is -0.395 e. The summed E-state index contributed by atoms with van der Waals surface area (Å²) in [6.07, 6.45) is 8.58. The number of aromatic amines is 1. The molecule has 2 N–H and O–H groups in total. The van der Waals surface area contributed by atoms with Gasteiger partial charge in [0.1, 0.15) is 0 Å². The quantitative estimate of drug-likeness (QED) is 0.787. The topological polar surface area (TPSA) is 64.0 Å². The summed E-state index contributed by atoms with van der Waals surface area (Å²) in [4.78, 5) is 5.79. The number of H-pyrrole nitrogens is 1. The Morgan fingerprint density at radius 3 is 2.63 bits per heavy atom. The fraction of sp³-hybridized carbons (Fsp3) is 0.417. The van der Waals surface area contributed by atoms with Crippen molar-refractivity contribution in [2.75, 3.05) is 24.6 Å². The van der Waals surface area contributed by atoms with E-state index in [0.29, 0.717) is 36.5 Å². The van der Waals surface area contributed by atoms with E-state index in [4.69, 9.17) is 11.6 Å². The number of rotatable bonds is 4. The van der Waals surface area contributed by atoms with Crippen LogP contribution in [0.5, 0.6) is 0 Å². The molecule has 30 heavy (non-hydrogen) atoms. The summed E-state index contributed by atoms with van der Waals surface area (Å²) in [6.45, 7) is 1.92. The summed E-state index contributed by atoms with van der Waals surface area (Å²) in [5, 5.41) is 21.5. The molecule has 1 fully saturated rings. The number of β-amino-alcohol motifs (C(OH)–C–C–N with tert-alkyl or cyclic N) is 1. The van der Waals surface area contributed by atoms with E-state index < -0.39 is 0 Å². The Morgan fingerprint density at radius 2 is 1.87 bits per heavy atom. The van der Waals surface area contributed by atoms with Gasteiger partial charge in [0.25, 0.3) is 0 Å². The zero-order chi connectivity index (χ0) is 20.5. The number of nitrogens with one attached hydrogen (secondary N) is 1. The SMILES string of the molecule is OCCN1CC=C(Cl)C=c2[nH]c3c(c21)CN=NC=3[C@H]1CC[C@H](c2ccccc2)CC1. The van der Waals surface area contributed by atoms with Crippen LogP contribution in [0.4, 0.5) is 5.69 Å². The van der Waals surface area contributed by atoms with E-state index >= 15 is 0 Å². The van der Waals surface area contributed by atoms with Gasteiger partial charge in [-0.2, -0.15) is 10.2 Å². The second kappa shape index (κ2) is 8.40. The standard InChI is InChI=1S/C24H27ClN4O/c25-19-10-11-29(12-13-30)24-20-15-26-28-22(23(20)27-21(24)14-19)18-8-6-17(7-9-18)16-4-2-1-3-5-16/h1-5,10,14,17-18,27,30H,6-9,11-13,15H2/t17-,18-. The average Bonchev–Trinajstić information content (AvgIpc) is 3.07. The van der Waals surface area contributed by atoms with E-state index in [-0.39, 0.29) is 6.61 Å². The van der Waals surface area contributed by atoms with Crippen molar-refractivity contribution in [1.29, 1.82) is 0 Å². The van der Waals surface area contributed by atoms with Crippen LogP contribution in [0.2, 0.25) is 0 Å². The van der Waals surface area contributed by atoms with Crippen LogP contribution in [-0.2, 0) is 6.54 Å². The fourth-order valence-electron chi connectivity index (χ4n) is 5.14. The highest BCUT2D eigenvalue weighted by molar-refractivity contribution is 6.34. The number of aromatic nitrogens is 1. The van der Waals surface area contributed by atoms with Crippen molar-refractivity contribution in [1.82, 2.24) is 4.98 Å². The summed E-state index contributed by atoms with van der Waals surface area (Å²) in [5.41, 5.74) is 4.84. The molecule has 0 radical (unpaired) electrons. The molecule has 1 aromatic heterocycles. The van der Waals surface area contributed by atoms with Gasteiger partial charge in [0.05, 0.1) is 35.2 Å². The van der Waals surface area contributed by atoms with Gasteiger partial charge in [-0.3, -0.25) is 0 Å². The third-order valence-corrected chi connectivity index (χ3v) is 6.89. The van der Waals surface area contributed by atoms with E-state index in [1.54, 1.807) is 0 Å². The maximum atomic E-state index is 9.56. The van der Waals surface area contributed by atoms with Crippen LogP contribution in [0.1, 0.15) is 42.7 Å². The second-order valence-electron chi connectivity index (χ2n) is 8.39. The van der Waals surface area contributed by atoms with E-state index in [9.17, 15) is 5.11 Å². The number of fused-ring (bicyclic) bond motifs is 3. The molecule has 5 nitrogen and oxygen atoms in total. The van der Waals surface area contributed by atoms with Gasteiger partial charge >= 0.3 is 0 Å². The number of aliphatic hydroxyl groups excluding tert-OH is 1. The van der Waals surface area contributed by atoms with Gasteiger partial charge in [0.2, 0.25) is 0 Å². The normalized spacial score (nSPS) is 23.3. The Labute approximate surface area is 181 Å². The number of benzene rings is 1. The zero-order valence-electron chi connectivity index (χ0n) is 17.0. The van der Waals surface area contributed by atoms with Gasteiger partial charge in [0, 0.05) is 29.6 Å². The van der Waals surface area contributed by atoms with Crippen molar-refractivity contribution < 1.29 is 5.11 Å². The number of allylic oxidation sites excluding steroid dienone is 1. The van der Waals surface area contributed by atoms with Crippen molar-refractivity contribution in [2.45, 2.75) is 38.1 Å². The van der Waals surface area contributed by atoms with Gasteiger partial charge in [-0.05, 0) is 49.3 Å². The first-order valence-electron chi connectivity index (χ1n) is 10.8. The highest BCUT2D eigenvalue weighted by Gasteiger charge is 2.29. The molecule has 3 heterocycles. The van der Waals surface area contributed by atoms with E-state index in [2.05, 4.69) is 50.4 Å². The molecule has 3 aliphatic rings. The molecule has 2 aromatic rings. The van der Waals surface area contributed by atoms with Crippen LogP contribution in [0.15, 0.2) is 51.7 Å². The number of anilines is 1. The molecule has 1 saturated carbocycles. The molecule has 0 amide bonds. The number of hydrogen-bond donors (Lipinski definition) is 2. The summed E-state index contributed by atoms with van der Waals surface area (Å²) < 4.78 is 0. The first-order chi connectivity index (χ1) is 14.7. The van der Waals surface area contributed by atoms with Gasteiger partial charge in [-0.25, -0.2) is 0 Å². The Morgan fingerprint density at radius 1 is 1.10 bits per heavy atom. The van der Waals surface area contributed by atoms with Gasteiger partial charge in [0.15, 0.2) is 0 Å². The van der Waals surface area contributed by atoms with Crippen molar-refractivity contribution >= 4 is 29.1 Å². The maximum Gasteiger partial charge on any atom is 0.0895 e. The van der Waals surface area contributed by atoms with Gasteiger partial charge < -0.3 is 15.0 Å². The van der Waals surface area contributed by atoms with Gasteiger partial charge in [-0.15, -0.1) is 0 Å². The van der Waals surface area contributed by atoms with Crippen molar-refractivity contribution in [3.05, 3.63) is 63.3 Å². The maximum absolute atomic E-state index is 9.56. The highest BCUT2D eigenvalue weighted by atomic mass is 35.5. The smallest absolute Gasteiger partial charge is 0.0895 e. The third kappa shape index (κ3) is 3.61. The number of halogens is 1. The van der Waals surface area contributed by atoms with Crippen molar-refractivity contribution in [3.63, 3.8) is 0 Å². The Balaban J connectivity index is 1.50. The van der Waals surface area contributed by atoms with Crippen LogP contribution in [0.25, 0.3) is 11.8 Å². The molecule has 2 aliphatic heterocycles. The Hall–Kier alpha value is -2.37. The number of aliphatic hydroxyl groups is 1. The lowest BCUT2D eigenvalue weighted by Crippen LogP contribution is -2.30. The van der Waals surface area contributed by atoms with Crippen LogP contribution in [0.3, 0.4) is 0 Å². The summed E-state index contributed by atoms with van der Waals surface area (Å²) in [5.74, 6) is 1.06. The lowest BCUT2D eigenvalue weighted by Gasteiger charge is -2.29. The molecule has 0 unspecified atom stereocenters. The van der Waals surface area contributed by atoms with Crippen molar-refractivity contribution in [2.24, 2.45) is 16.1 Å². The molecule has 1 aliphatic carbocycles. The summed E-state index contributed by atoms with van der Waals surface area (Å²) in [6, 6.07) is 10.9. The minimum absolute atomic E-state index is 0.104. The first kappa shape index (κ1) is 19.6. The molecular weight excluding hydrogens is 396 g/mol. The minimum atomic E-state index is 0.104. The first-order valence-corrected chi connectivity index (χ1v) is 11.2. The molecule has 6 heteroatoms. The molecule has 156 valence electrons. The number of azo groups is 1. The molecular formula is C24H27ClN4O. The van der Waals surface area contributed by atoms with E-state index in [1.807, 2.05) is 12.2 Å². The lowest BCUT2D eigenvalue weighted by atomic mass is 9.77. The Bertz CT molecular complexity index is 1090. The van der Waals surface area contributed by atoms with Crippen LogP contribution >= 0.6 is 11.6 Å². The fourth-order valence-corrected chi connectivity index (χ4v) is 5.32. The number of nitrogens with zero attached hydrogens (tertiary/aromatic N) is 3. The Kier molecular flexibility index (Phi) is 5.48. The number of hydrogen-bond acceptors (Lipinski definition) is 4. The molecule has 0 atom stereocenters. The van der Waals surface area contributed by atoms with Crippen molar-refractivity contribution in [3.8, 4) is 0 Å². The predicted molar refractivity (Wildman–Crippen MR) is 121 cm³/mol. The summed E-state index contributed by atoms with van der Waals surface area (Å²) >= 11 is 6.38. The zero-order valence-corrected chi connectivity index (χ0v) is 17.8. The highest BCUT2D eigenvalue weighted by Crippen LogP contribution is 2.40. The van der Waals surface area contributed by atoms with Crippen LogP contribution in [0, 0.1) is 5.92 Å². The lowest BCUT2D eigenvalue weighted by molar-refractivity contribution is 0.303. The second-order valence-corrected chi connectivity index (χ2v) is 8.82. The molecule has 1 aromatic carbocycles.